The third kappa shape index (κ3) is 3.68. The normalized spacial score (nSPS) is 11.4. The van der Waals surface area contributed by atoms with Crippen LogP contribution in [-0.4, -0.2) is 22.4 Å². The molecule has 0 aliphatic rings. The van der Waals surface area contributed by atoms with Crippen LogP contribution in [0.1, 0.15) is 25.3 Å². The fourth-order valence-electron chi connectivity index (χ4n) is 1.23. The topological polar surface area (TPSA) is 69.2 Å². The summed E-state index contributed by atoms with van der Waals surface area (Å²) in [6.07, 6.45) is 3.25. The number of rotatable bonds is 5. The lowest BCUT2D eigenvalue weighted by Crippen LogP contribution is -2.07. The van der Waals surface area contributed by atoms with Gasteiger partial charge in [0.05, 0.1) is 4.92 Å². The molecule has 0 saturated heterocycles. The van der Waals surface area contributed by atoms with Gasteiger partial charge in [-0.25, -0.2) is 4.74 Å². The summed E-state index contributed by atoms with van der Waals surface area (Å²) in [5.41, 5.74) is 0.708. The summed E-state index contributed by atoms with van der Waals surface area (Å²) in [7, 11) is 0. The van der Waals surface area contributed by atoms with E-state index < -0.39 is 4.92 Å². The Labute approximate surface area is 93.8 Å². The van der Waals surface area contributed by atoms with Gasteiger partial charge in [0.2, 0.25) is 0 Å². The second-order valence-electron chi connectivity index (χ2n) is 3.47. The van der Waals surface area contributed by atoms with Gasteiger partial charge in [0.15, 0.2) is 12.8 Å². The average Bonchev–Trinajstić information content (AvgIpc) is 2.27. The molecule has 0 heterocycles. The lowest BCUT2D eigenvalue weighted by molar-refractivity contribution is -0.452. The highest BCUT2D eigenvalue weighted by Gasteiger charge is 2.04. The summed E-state index contributed by atoms with van der Waals surface area (Å²) in [5, 5.41) is 21.7. The van der Waals surface area contributed by atoms with E-state index in [1.54, 1.807) is 12.1 Å². The molecule has 0 saturated carbocycles. The Morgan fingerprint density at radius 3 is 2.38 bits per heavy atom. The molecule has 5 heteroatoms. The van der Waals surface area contributed by atoms with Crippen molar-refractivity contribution in [3.63, 3.8) is 0 Å². The van der Waals surface area contributed by atoms with Crippen LogP contribution in [0.15, 0.2) is 24.3 Å². The number of non-ortho nitro benzene ring substituents is 1. The van der Waals surface area contributed by atoms with E-state index in [0.717, 1.165) is 17.6 Å². The van der Waals surface area contributed by atoms with Crippen LogP contribution >= 0.6 is 0 Å². The van der Waals surface area contributed by atoms with Crippen molar-refractivity contribution < 1.29 is 9.66 Å². The van der Waals surface area contributed by atoms with Crippen LogP contribution in [0.2, 0.25) is 0 Å². The Morgan fingerprint density at radius 1 is 1.25 bits per heavy atom. The molecule has 1 rings (SSSR count). The van der Waals surface area contributed by atoms with E-state index >= 15 is 0 Å². The van der Waals surface area contributed by atoms with Crippen molar-refractivity contribution in [2.24, 2.45) is 0 Å². The second-order valence-corrected chi connectivity index (χ2v) is 3.47. The van der Waals surface area contributed by atoms with E-state index in [9.17, 15) is 15.3 Å². The summed E-state index contributed by atoms with van der Waals surface area (Å²) in [6, 6.07) is 5.91. The van der Waals surface area contributed by atoms with Crippen molar-refractivity contribution in [3.05, 3.63) is 45.2 Å². The van der Waals surface area contributed by atoms with Gasteiger partial charge in [-0.1, -0.05) is 13.3 Å². The van der Waals surface area contributed by atoms with Crippen LogP contribution in [0, 0.1) is 15.3 Å². The Kier molecular flexibility index (Phi) is 4.44. The number of nitrogens with zero attached hydrogens (tertiary/aromatic N) is 2. The van der Waals surface area contributed by atoms with Crippen LogP contribution in [0.5, 0.6) is 0 Å². The number of benzene rings is 1. The van der Waals surface area contributed by atoms with Crippen LogP contribution in [0.4, 0.5) is 5.69 Å². The van der Waals surface area contributed by atoms with Gasteiger partial charge in [-0.2, -0.15) is 0 Å². The van der Waals surface area contributed by atoms with Crippen molar-refractivity contribution in [3.8, 4) is 0 Å². The van der Waals surface area contributed by atoms with Gasteiger partial charge < -0.3 is 5.21 Å². The molecule has 86 valence electrons. The summed E-state index contributed by atoms with van der Waals surface area (Å²) >= 11 is 0. The Morgan fingerprint density at radius 2 is 1.88 bits per heavy atom. The summed E-state index contributed by atoms with van der Waals surface area (Å²) in [5.74, 6) is 0. The van der Waals surface area contributed by atoms with Gasteiger partial charge in [0.25, 0.3) is 5.69 Å². The van der Waals surface area contributed by atoms with E-state index in [1.165, 1.54) is 18.3 Å². The Balaban J connectivity index is 2.71. The van der Waals surface area contributed by atoms with E-state index in [4.69, 9.17) is 0 Å². The monoisotopic (exact) mass is 222 g/mol. The van der Waals surface area contributed by atoms with E-state index in [-0.39, 0.29) is 5.69 Å². The molecule has 5 nitrogen and oxygen atoms in total. The molecular formula is C11H14N2O3. The fourth-order valence-corrected chi connectivity index (χ4v) is 1.23. The first kappa shape index (κ1) is 12.2. The molecule has 0 aliphatic heterocycles. The van der Waals surface area contributed by atoms with E-state index in [1.807, 2.05) is 6.92 Å². The zero-order chi connectivity index (χ0) is 12.0. The van der Waals surface area contributed by atoms with E-state index in [2.05, 4.69) is 0 Å². The van der Waals surface area contributed by atoms with Crippen molar-refractivity contribution in [2.75, 3.05) is 6.54 Å². The van der Waals surface area contributed by atoms with Crippen LogP contribution in [0.25, 0.3) is 0 Å². The predicted octanol–water partition coefficient (Wildman–Crippen LogP) is 2.32. The molecule has 0 unspecified atom stereocenters. The maximum atomic E-state index is 11.3. The molecule has 0 aliphatic carbocycles. The maximum absolute atomic E-state index is 11.3. The van der Waals surface area contributed by atoms with Gasteiger partial charge in [0.1, 0.15) is 0 Å². The Hall–Kier alpha value is -1.91. The highest BCUT2D eigenvalue weighted by Crippen LogP contribution is 2.10. The van der Waals surface area contributed by atoms with Crippen molar-refractivity contribution in [2.45, 2.75) is 19.8 Å². The number of nitro benzene ring substituents is 1. The minimum Gasteiger partial charge on any atom is -0.624 e. The molecular weight excluding hydrogens is 208 g/mol. The molecule has 1 aromatic rings. The lowest BCUT2D eigenvalue weighted by Gasteiger charge is -2.02. The van der Waals surface area contributed by atoms with Crippen LogP contribution in [0.3, 0.4) is 0 Å². The van der Waals surface area contributed by atoms with Gasteiger partial charge in [0, 0.05) is 24.1 Å². The summed E-state index contributed by atoms with van der Waals surface area (Å²) in [6.45, 7) is 2.47. The van der Waals surface area contributed by atoms with Crippen molar-refractivity contribution >= 4 is 11.9 Å². The summed E-state index contributed by atoms with van der Waals surface area (Å²) in [4.78, 5) is 9.94. The average molecular weight is 222 g/mol. The minimum atomic E-state index is -0.462. The molecule has 1 aromatic carbocycles. The molecule has 0 atom stereocenters. The molecule has 0 N–H and O–H groups in total. The number of hydroxylamine groups is 1. The third-order valence-corrected chi connectivity index (χ3v) is 2.13. The molecule has 0 bridgehead atoms. The van der Waals surface area contributed by atoms with E-state index in [0.29, 0.717) is 12.1 Å². The third-order valence-electron chi connectivity index (χ3n) is 2.13. The highest BCUT2D eigenvalue weighted by molar-refractivity contribution is 5.76. The molecule has 0 aromatic heterocycles. The van der Waals surface area contributed by atoms with Crippen LogP contribution in [-0.2, 0) is 0 Å². The Bertz CT molecular complexity index is 385. The molecule has 0 fully saturated rings. The second kappa shape index (κ2) is 5.85. The number of hydrogen-bond acceptors (Lipinski definition) is 3. The first-order valence-corrected chi connectivity index (χ1v) is 5.16. The SMILES string of the molecule is CCCC/[N+]([O-])=C/c1ccc([N+](=O)[O-])cc1. The zero-order valence-electron chi connectivity index (χ0n) is 9.13. The quantitative estimate of drug-likeness (QED) is 0.252. The largest absolute Gasteiger partial charge is 0.624 e. The standard InChI is InChI=1S/C11H14N2O3/c1-2-3-8-12(14)9-10-4-6-11(7-5-10)13(15)16/h4-7,9H,2-3,8H2,1H3/b12-9-. The van der Waals surface area contributed by atoms with Gasteiger partial charge in [-0.3, -0.25) is 10.1 Å². The fraction of sp³-hybridized carbons (Fsp3) is 0.364. The van der Waals surface area contributed by atoms with Gasteiger partial charge >= 0.3 is 0 Å². The molecule has 0 radical (unpaired) electrons. The molecule has 16 heavy (non-hydrogen) atoms. The number of unbranched alkanes of at least 4 members (excludes halogenated alkanes) is 1. The number of hydrogen-bond donors (Lipinski definition) is 0. The van der Waals surface area contributed by atoms with Crippen LogP contribution < -0.4 is 0 Å². The highest BCUT2D eigenvalue weighted by atomic mass is 16.6. The molecule has 0 amide bonds. The maximum Gasteiger partial charge on any atom is 0.269 e. The summed E-state index contributed by atoms with van der Waals surface area (Å²) < 4.78 is 0.852. The van der Waals surface area contributed by atoms with Crippen molar-refractivity contribution in [1.29, 1.82) is 0 Å². The van der Waals surface area contributed by atoms with Gasteiger partial charge in [-0.05, 0) is 12.1 Å². The lowest BCUT2D eigenvalue weighted by atomic mass is 10.2. The molecule has 0 spiro atoms. The zero-order valence-corrected chi connectivity index (χ0v) is 9.13. The first-order valence-electron chi connectivity index (χ1n) is 5.16. The number of nitro groups is 1. The minimum absolute atomic E-state index is 0.0307. The van der Waals surface area contributed by atoms with Gasteiger partial charge in [-0.15, -0.1) is 0 Å². The first-order chi connectivity index (χ1) is 7.63. The smallest absolute Gasteiger partial charge is 0.269 e. The van der Waals surface area contributed by atoms with Crippen molar-refractivity contribution in [1.82, 2.24) is 0 Å². The predicted molar refractivity (Wildman–Crippen MR) is 61.7 cm³/mol.